The van der Waals surface area contributed by atoms with Crippen molar-refractivity contribution in [1.29, 1.82) is 0 Å². The molecule has 0 bridgehead atoms. The molecule has 6 nitrogen and oxygen atoms in total. The number of morpholine rings is 1. The predicted molar refractivity (Wildman–Crippen MR) is 107 cm³/mol. The van der Waals surface area contributed by atoms with E-state index in [0.717, 1.165) is 17.7 Å². The van der Waals surface area contributed by atoms with Crippen LogP contribution in [0.25, 0.3) is 0 Å². The number of carbonyl (C=O) groups is 1. The minimum absolute atomic E-state index is 0.0971. The van der Waals surface area contributed by atoms with Crippen molar-refractivity contribution in [2.75, 3.05) is 26.3 Å². The second kappa shape index (κ2) is 9.02. The number of rotatable bonds is 6. The van der Waals surface area contributed by atoms with Gasteiger partial charge in [-0.1, -0.05) is 44.2 Å². The Morgan fingerprint density at radius 2 is 1.76 bits per heavy atom. The van der Waals surface area contributed by atoms with Gasteiger partial charge in [-0.25, -0.2) is 12.8 Å². The van der Waals surface area contributed by atoms with Gasteiger partial charge in [0.15, 0.2) is 0 Å². The number of nitrogens with zero attached hydrogens (tertiary/aromatic N) is 1. The van der Waals surface area contributed by atoms with Crippen LogP contribution in [0.2, 0.25) is 0 Å². The summed E-state index contributed by atoms with van der Waals surface area (Å²) in [5, 5.41) is 2.94. The molecule has 1 amide bonds. The molecule has 156 valence electrons. The highest BCUT2D eigenvalue weighted by atomic mass is 32.2. The molecule has 1 unspecified atom stereocenters. The van der Waals surface area contributed by atoms with Crippen molar-refractivity contribution < 1.29 is 22.3 Å². The van der Waals surface area contributed by atoms with E-state index in [-0.39, 0.29) is 43.8 Å². The van der Waals surface area contributed by atoms with E-state index in [1.54, 1.807) is 0 Å². The number of amides is 1. The molecule has 1 atom stereocenters. The zero-order chi connectivity index (χ0) is 21.0. The summed E-state index contributed by atoms with van der Waals surface area (Å²) < 4.78 is 46.4. The number of benzene rings is 2. The van der Waals surface area contributed by atoms with Crippen molar-refractivity contribution in [3.05, 3.63) is 65.5 Å². The van der Waals surface area contributed by atoms with Crippen molar-refractivity contribution in [3.63, 3.8) is 0 Å². The maximum Gasteiger partial charge on any atom is 0.251 e. The molecular formula is C21H25FN2O4S. The van der Waals surface area contributed by atoms with Crippen LogP contribution < -0.4 is 5.32 Å². The van der Waals surface area contributed by atoms with Crippen molar-refractivity contribution in [1.82, 2.24) is 9.62 Å². The zero-order valence-electron chi connectivity index (χ0n) is 16.5. The van der Waals surface area contributed by atoms with E-state index in [2.05, 4.69) is 5.32 Å². The number of ether oxygens (including phenoxy) is 1. The molecule has 0 spiro atoms. The summed E-state index contributed by atoms with van der Waals surface area (Å²) in [6, 6.07) is 12.7. The van der Waals surface area contributed by atoms with E-state index in [1.165, 1.54) is 10.4 Å². The Hall–Kier alpha value is -2.29. The van der Waals surface area contributed by atoms with Crippen molar-refractivity contribution in [2.45, 2.75) is 24.8 Å². The third-order valence-corrected chi connectivity index (χ3v) is 6.81. The van der Waals surface area contributed by atoms with Crippen LogP contribution >= 0.6 is 0 Å². The van der Waals surface area contributed by atoms with Gasteiger partial charge in [0.05, 0.1) is 19.3 Å². The molecule has 1 fully saturated rings. The molecule has 1 aliphatic rings. The van der Waals surface area contributed by atoms with Gasteiger partial charge >= 0.3 is 0 Å². The molecule has 1 aliphatic heterocycles. The highest BCUT2D eigenvalue weighted by Crippen LogP contribution is 2.24. The number of hydrogen-bond donors (Lipinski definition) is 1. The van der Waals surface area contributed by atoms with Crippen LogP contribution in [0.1, 0.15) is 35.8 Å². The highest BCUT2D eigenvalue weighted by Gasteiger charge is 2.30. The van der Waals surface area contributed by atoms with E-state index in [1.807, 2.05) is 44.2 Å². The summed E-state index contributed by atoms with van der Waals surface area (Å²) >= 11 is 0. The zero-order valence-corrected chi connectivity index (χ0v) is 17.3. The lowest BCUT2D eigenvalue weighted by Gasteiger charge is -2.26. The van der Waals surface area contributed by atoms with Crippen molar-refractivity contribution in [3.8, 4) is 0 Å². The largest absolute Gasteiger partial charge is 0.379 e. The lowest BCUT2D eigenvalue weighted by Crippen LogP contribution is -2.41. The SMILES string of the molecule is CC(C)C(NC(=O)c1ccc(F)c(S(=O)(=O)N2CCOCC2)c1)c1ccccc1. The Kier molecular flexibility index (Phi) is 6.66. The average Bonchev–Trinajstić information content (AvgIpc) is 2.73. The summed E-state index contributed by atoms with van der Waals surface area (Å²) in [5.74, 6) is -1.22. The van der Waals surface area contributed by atoms with E-state index in [4.69, 9.17) is 4.74 Å². The van der Waals surface area contributed by atoms with Crippen LogP contribution in [-0.4, -0.2) is 44.9 Å². The Bertz CT molecular complexity index is 958. The van der Waals surface area contributed by atoms with Gasteiger partial charge in [-0.15, -0.1) is 0 Å². The topological polar surface area (TPSA) is 75.7 Å². The van der Waals surface area contributed by atoms with Crippen LogP contribution in [0.5, 0.6) is 0 Å². The second-order valence-corrected chi connectivity index (χ2v) is 9.17. The quantitative estimate of drug-likeness (QED) is 0.780. The minimum atomic E-state index is -4.05. The first kappa shape index (κ1) is 21.4. The third-order valence-electron chi connectivity index (χ3n) is 4.89. The number of sulfonamides is 1. The Balaban J connectivity index is 1.87. The fraction of sp³-hybridized carbons (Fsp3) is 0.381. The normalized spacial score (nSPS) is 16.6. The Labute approximate surface area is 170 Å². The fourth-order valence-corrected chi connectivity index (χ4v) is 4.79. The van der Waals surface area contributed by atoms with Crippen LogP contribution in [0.4, 0.5) is 4.39 Å². The molecular weight excluding hydrogens is 395 g/mol. The molecule has 0 aliphatic carbocycles. The number of nitrogens with one attached hydrogen (secondary N) is 1. The van der Waals surface area contributed by atoms with E-state index < -0.39 is 26.6 Å². The van der Waals surface area contributed by atoms with Gasteiger partial charge in [0.1, 0.15) is 10.7 Å². The van der Waals surface area contributed by atoms with Gasteiger partial charge < -0.3 is 10.1 Å². The third kappa shape index (κ3) is 4.83. The monoisotopic (exact) mass is 420 g/mol. The number of halogens is 1. The average molecular weight is 421 g/mol. The second-order valence-electron chi connectivity index (χ2n) is 7.27. The van der Waals surface area contributed by atoms with Crippen LogP contribution in [0.15, 0.2) is 53.4 Å². The lowest BCUT2D eigenvalue weighted by molar-refractivity contribution is 0.0729. The van der Waals surface area contributed by atoms with Gasteiger partial charge in [-0.3, -0.25) is 4.79 Å². The van der Waals surface area contributed by atoms with Gasteiger partial charge in [-0.2, -0.15) is 4.31 Å². The van der Waals surface area contributed by atoms with Crippen LogP contribution in [0, 0.1) is 11.7 Å². The fourth-order valence-electron chi connectivity index (χ4n) is 3.29. The lowest BCUT2D eigenvalue weighted by atomic mass is 9.95. The summed E-state index contributed by atoms with van der Waals surface area (Å²) in [4.78, 5) is 12.3. The van der Waals surface area contributed by atoms with Crippen LogP contribution in [-0.2, 0) is 14.8 Å². The summed E-state index contributed by atoms with van der Waals surface area (Å²) in [7, 11) is -4.05. The Morgan fingerprint density at radius 3 is 2.38 bits per heavy atom. The smallest absolute Gasteiger partial charge is 0.251 e. The van der Waals surface area contributed by atoms with Gasteiger partial charge in [0.2, 0.25) is 10.0 Å². The molecule has 29 heavy (non-hydrogen) atoms. The van der Waals surface area contributed by atoms with Crippen LogP contribution in [0.3, 0.4) is 0 Å². The molecule has 8 heteroatoms. The highest BCUT2D eigenvalue weighted by molar-refractivity contribution is 7.89. The molecule has 2 aromatic carbocycles. The van der Waals surface area contributed by atoms with E-state index in [9.17, 15) is 17.6 Å². The standard InChI is InChI=1S/C21H25FN2O4S/c1-15(2)20(16-6-4-3-5-7-16)23-21(25)17-8-9-18(22)19(14-17)29(26,27)24-10-12-28-13-11-24/h3-9,14-15,20H,10-13H2,1-2H3,(H,23,25). The number of carbonyl (C=O) groups excluding carboxylic acids is 1. The maximum atomic E-state index is 14.4. The molecule has 0 radical (unpaired) electrons. The van der Waals surface area contributed by atoms with E-state index in [0.29, 0.717) is 0 Å². The summed E-state index contributed by atoms with van der Waals surface area (Å²) in [6.07, 6.45) is 0. The first-order chi connectivity index (χ1) is 13.8. The summed E-state index contributed by atoms with van der Waals surface area (Å²) in [5.41, 5.74) is 1.04. The van der Waals surface area contributed by atoms with Gasteiger partial charge in [0.25, 0.3) is 5.91 Å². The van der Waals surface area contributed by atoms with Crippen molar-refractivity contribution in [2.24, 2.45) is 5.92 Å². The van der Waals surface area contributed by atoms with Crippen molar-refractivity contribution >= 4 is 15.9 Å². The Morgan fingerprint density at radius 1 is 1.10 bits per heavy atom. The van der Waals surface area contributed by atoms with Gasteiger partial charge in [0, 0.05) is 18.7 Å². The first-order valence-electron chi connectivity index (χ1n) is 9.54. The van der Waals surface area contributed by atoms with Gasteiger partial charge in [-0.05, 0) is 29.7 Å². The van der Waals surface area contributed by atoms with E-state index >= 15 is 0 Å². The summed E-state index contributed by atoms with van der Waals surface area (Å²) in [6.45, 7) is 4.79. The maximum absolute atomic E-state index is 14.4. The molecule has 1 N–H and O–H groups in total. The molecule has 1 saturated heterocycles. The molecule has 0 saturated carbocycles. The molecule has 3 rings (SSSR count). The minimum Gasteiger partial charge on any atom is -0.379 e. The molecule has 1 heterocycles. The number of hydrogen-bond acceptors (Lipinski definition) is 4. The predicted octanol–water partition coefficient (Wildman–Crippen LogP) is 2.97. The molecule has 2 aromatic rings. The first-order valence-corrected chi connectivity index (χ1v) is 11.0. The molecule has 0 aromatic heterocycles.